The van der Waals surface area contributed by atoms with Gasteiger partial charge in [0.1, 0.15) is 5.75 Å². The predicted molar refractivity (Wildman–Crippen MR) is 71.9 cm³/mol. The van der Waals surface area contributed by atoms with Crippen molar-refractivity contribution in [2.24, 2.45) is 0 Å². The molecule has 0 aliphatic heterocycles. The van der Waals surface area contributed by atoms with Crippen LogP contribution in [0.4, 0.5) is 4.39 Å². The topological polar surface area (TPSA) is 9.23 Å². The zero-order chi connectivity index (χ0) is 13.1. The minimum atomic E-state index is -0.360. The molecule has 0 saturated heterocycles. The second kappa shape index (κ2) is 5.40. The first kappa shape index (κ1) is 12.9. The number of alkyl halides is 1. The number of hydrogen-bond donors (Lipinski definition) is 0. The fraction of sp³-hybridized carbons (Fsp3) is 0.200. The fourth-order valence-corrected chi connectivity index (χ4v) is 1.88. The summed E-state index contributed by atoms with van der Waals surface area (Å²) in [6, 6.07) is 10.4. The lowest BCUT2D eigenvalue weighted by Crippen LogP contribution is -1.92. The van der Waals surface area contributed by atoms with E-state index in [0.717, 1.165) is 16.7 Å². The molecule has 0 bridgehead atoms. The van der Waals surface area contributed by atoms with Crippen LogP contribution in [0, 0.1) is 19.7 Å². The van der Waals surface area contributed by atoms with Gasteiger partial charge in [0, 0.05) is 5.88 Å². The van der Waals surface area contributed by atoms with E-state index in [1.807, 2.05) is 32.0 Å². The van der Waals surface area contributed by atoms with Crippen LogP contribution in [0.5, 0.6) is 11.5 Å². The highest BCUT2D eigenvalue weighted by Gasteiger charge is 2.07. The molecule has 94 valence electrons. The van der Waals surface area contributed by atoms with Crippen LogP contribution in [-0.2, 0) is 5.88 Å². The number of ether oxygens (including phenoxy) is 1. The predicted octanol–water partition coefficient (Wildman–Crippen LogP) is 4.97. The Labute approximate surface area is 111 Å². The normalized spacial score (nSPS) is 10.4. The van der Waals surface area contributed by atoms with Crippen molar-refractivity contribution >= 4 is 11.6 Å². The first-order valence-corrected chi connectivity index (χ1v) is 6.23. The Morgan fingerprint density at radius 3 is 2.50 bits per heavy atom. The Kier molecular flexibility index (Phi) is 3.87. The maximum Gasteiger partial charge on any atom is 0.165 e. The largest absolute Gasteiger partial charge is 0.454 e. The van der Waals surface area contributed by atoms with Gasteiger partial charge in [0.2, 0.25) is 0 Å². The van der Waals surface area contributed by atoms with Gasteiger partial charge in [-0.15, -0.1) is 11.6 Å². The quantitative estimate of drug-likeness (QED) is 0.711. The maximum absolute atomic E-state index is 13.6. The number of hydrogen-bond acceptors (Lipinski definition) is 1. The summed E-state index contributed by atoms with van der Waals surface area (Å²) in [4.78, 5) is 0. The van der Waals surface area contributed by atoms with Crippen molar-refractivity contribution in [3.8, 4) is 11.5 Å². The van der Waals surface area contributed by atoms with Crippen LogP contribution >= 0.6 is 11.6 Å². The standard InChI is InChI=1S/C15H14ClFO/c1-10-3-5-13(17)15(7-10)18-14-6-4-12(9-16)8-11(14)2/h3-8H,9H2,1-2H3. The molecule has 0 radical (unpaired) electrons. The fourth-order valence-electron chi connectivity index (χ4n) is 1.72. The third-order valence-corrected chi connectivity index (χ3v) is 3.01. The highest BCUT2D eigenvalue weighted by atomic mass is 35.5. The summed E-state index contributed by atoms with van der Waals surface area (Å²) in [5, 5.41) is 0. The summed E-state index contributed by atoms with van der Waals surface area (Å²) in [6.45, 7) is 3.81. The van der Waals surface area contributed by atoms with Crippen molar-refractivity contribution in [1.82, 2.24) is 0 Å². The first-order valence-electron chi connectivity index (χ1n) is 5.69. The van der Waals surface area contributed by atoms with E-state index in [1.165, 1.54) is 6.07 Å². The molecule has 0 fully saturated rings. The molecule has 0 heterocycles. The van der Waals surface area contributed by atoms with E-state index in [1.54, 1.807) is 12.1 Å². The van der Waals surface area contributed by atoms with E-state index in [4.69, 9.17) is 16.3 Å². The van der Waals surface area contributed by atoms with Gasteiger partial charge in [0.15, 0.2) is 11.6 Å². The SMILES string of the molecule is Cc1ccc(F)c(Oc2ccc(CCl)cc2C)c1. The summed E-state index contributed by atoms with van der Waals surface area (Å²) in [6.07, 6.45) is 0. The molecule has 0 N–H and O–H groups in total. The van der Waals surface area contributed by atoms with E-state index in [9.17, 15) is 4.39 Å². The van der Waals surface area contributed by atoms with Gasteiger partial charge >= 0.3 is 0 Å². The van der Waals surface area contributed by atoms with Crippen molar-refractivity contribution in [2.45, 2.75) is 19.7 Å². The second-order valence-corrected chi connectivity index (χ2v) is 4.54. The molecule has 0 spiro atoms. The van der Waals surface area contributed by atoms with Crippen molar-refractivity contribution in [1.29, 1.82) is 0 Å². The minimum Gasteiger partial charge on any atom is -0.454 e. The van der Waals surface area contributed by atoms with Crippen LogP contribution in [0.3, 0.4) is 0 Å². The van der Waals surface area contributed by atoms with Crippen LogP contribution in [0.25, 0.3) is 0 Å². The van der Waals surface area contributed by atoms with Crippen molar-refractivity contribution in [3.05, 3.63) is 58.9 Å². The van der Waals surface area contributed by atoms with E-state index >= 15 is 0 Å². The zero-order valence-corrected chi connectivity index (χ0v) is 11.1. The van der Waals surface area contributed by atoms with Crippen molar-refractivity contribution < 1.29 is 9.13 Å². The van der Waals surface area contributed by atoms with Gasteiger partial charge in [-0.3, -0.25) is 0 Å². The molecule has 1 nitrogen and oxygen atoms in total. The third-order valence-electron chi connectivity index (χ3n) is 2.70. The smallest absolute Gasteiger partial charge is 0.165 e. The molecule has 3 heteroatoms. The van der Waals surface area contributed by atoms with Gasteiger partial charge in [-0.1, -0.05) is 18.2 Å². The second-order valence-electron chi connectivity index (χ2n) is 4.27. The molecule has 0 amide bonds. The molecule has 2 aromatic carbocycles. The highest BCUT2D eigenvalue weighted by molar-refractivity contribution is 6.17. The first-order chi connectivity index (χ1) is 8.60. The Balaban J connectivity index is 2.31. The molecular weight excluding hydrogens is 251 g/mol. The third kappa shape index (κ3) is 2.82. The van der Waals surface area contributed by atoms with Crippen LogP contribution in [0.1, 0.15) is 16.7 Å². The number of rotatable bonds is 3. The molecule has 0 aliphatic rings. The lowest BCUT2D eigenvalue weighted by molar-refractivity contribution is 0.439. The molecular formula is C15H14ClFO. The average molecular weight is 265 g/mol. The van der Waals surface area contributed by atoms with E-state index in [-0.39, 0.29) is 11.6 Å². The zero-order valence-electron chi connectivity index (χ0n) is 10.3. The molecule has 0 atom stereocenters. The van der Waals surface area contributed by atoms with Crippen molar-refractivity contribution in [3.63, 3.8) is 0 Å². The van der Waals surface area contributed by atoms with Gasteiger partial charge in [-0.05, 0) is 48.7 Å². The van der Waals surface area contributed by atoms with E-state index < -0.39 is 0 Å². The minimum absolute atomic E-state index is 0.247. The monoisotopic (exact) mass is 264 g/mol. The van der Waals surface area contributed by atoms with Gasteiger partial charge in [-0.25, -0.2) is 4.39 Å². The Morgan fingerprint density at radius 2 is 1.83 bits per heavy atom. The van der Waals surface area contributed by atoms with Crippen LogP contribution in [0.15, 0.2) is 36.4 Å². The molecule has 0 saturated carbocycles. The van der Waals surface area contributed by atoms with Gasteiger partial charge < -0.3 is 4.74 Å². The van der Waals surface area contributed by atoms with Crippen molar-refractivity contribution in [2.75, 3.05) is 0 Å². The summed E-state index contributed by atoms with van der Waals surface area (Å²) >= 11 is 5.76. The molecule has 18 heavy (non-hydrogen) atoms. The highest BCUT2D eigenvalue weighted by Crippen LogP contribution is 2.28. The molecule has 0 aromatic heterocycles. The average Bonchev–Trinajstić information content (AvgIpc) is 2.36. The maximum atomic E-state index is 13.6. The van der Waals surface area contributed by atoms with E-state index in [0.29, 0.717) is 11.6 Å². The number of halogens is 2. The van der Waals surface area contributed by atoms with Crippen LogP contribution < -0.4 is 4.74 Å². The molecule has 0 aliphatic carbocycles. The van der Waals surface area contributed by atoms with Crippen LogP contribution in [0.2, 0.25) is 0 Å². The number of aryl methyl sites for hydroxylation is 2. The Bertz CT molecular complexity index is 566. The summed E-state index contributed by atoms with van der Waals surface area (Å²) in [5.41, 5.74) is 2.92. The molecule has 2 rings (SSSR count). The summed E-state index contributed by atoms with van der Waals surface area (Å²) in [7, 11) is 0. The molecule has 2 aromatic rings. The lowest BCUT2D eigenvalue weighted by atomic mass is 10.1. The van der Waals surface area contributed by atoms with E-state index in [2.05, 4.69) is 0 Å². The number of benzene rings is 2. The Morgan fingerprint density at radius 1 is 1.06 bits per heavy atom. The Hall–Kier alpha value is -1.54. The van der Waals surface area contributed by atoms with Crippen LogP contribution in [-0.4, -0.2) is 0 Å². The molecule has 0 unspecified atom stereocenters. The summed E-state index contributed by atoms with van der Waals surface area (Å²) < 4.78 is 19.2. The lowest BCUT2D eigenvalue weighted by Gasteiger charge is -2.11. The summed E-state index contributed by atoms with van der Waals surface area (Å²) in [5.74, 6) is 0.992. The van der Waals surface area contributed by atoms with Gasteiger partial charge in [0.05, 0.1) is 0 Å². The van der Waals surface area contributed by atoms with Gasteiger partial charge in [0.25, 0.3) is 0 Å². The van der Waals surface area contributed by atoms with Gasteiger partial charge in [-0.2, -0.15) is 0 Å².